The van der Waals surface area contributed by atoms with E-state index in [0.29, 0.717) is 0 Å². The lowest BCUT2D eigenvalue weighted by Crippen LogP contribution is -2.35. The highest BCUT2D eigenvalue weighted by Crippen LogP contribution is 2.38. The Hall–Kier alpha value is -1.32. The van der Waals surface area contributed by atoms with Crippen LogP contribution in [0, 0.1) is 0 Å². The lowest BCUT2D eigenvalue weighted by Gasteiger charge is -2.34. The monoisotopic (exact) mass is 258 g/mol. The molecule has 0 saturated carbocycles. The summed E-state index contributed by atoms with van der Waals surface area (Å²) in [5, 5.41) is 4.75. The van der Waals surface area contributed by atoms with Gasteiger partial charge in [-0.05, 0) is 44.5 Å². The number of H-pyrrole nitrogens is 1. The molecule has 3 heteroatoms. The predicted octanol–water partition coefficient (Wildman–Crippen LogP) is 2.96. The summed E-state index contributed by atoms with van der Waals surface area (Å²) in [7, 11) is 0. The fourth-order valence-corrected chi connectivity index (χ4v) is 3.06. The van der Waals surface area contributed by atoms with Crippen LogP contribution in [0.5, 0.6) is 0 Å². The fraction of sp³-hybridized carbons (Fsp3) is 0.500. The van der Waals surface area contributed by atoms with Gasteiger partial charge in [-0.15, -0.1) is 0 Å². The molecule has 3 nitrogen and oxygen atoms in total. The van der Waals surface area contributed by atoms with Crippen LogP contribution in [-0.4, -0.2) is 24.7 Å². The summed E-state index contributed by atoms with van der Waals surface area (Å²) >= 11 is 0. The van der Waals surface area contributed by atoms with Gasteiger partial charge in [0.25, 0.3) is 0 Å². The molecule has 102 valence electrons. The molecule has 3 rings (SSSR count). The van der Waals surface area contributed by atoms with Crippen LogP contribution >= 0.6 is 0 Å². The summed E-state index contributed by atoms with van der Waals surface area (Å²) in [5.41, 5.74) is 3.76. The van der Waals surface area contributed by atoms with Crippen molar-refractivity contribution in [1.82, 2.24) is 10.3 Å². The maximum atomic E-state index is 6.10. The van der Waals surface area contributed by atoms with E-state index in [4.69, 9.17) is 4.74 Å². The van der Waals surface area contributed by atoms with Crippen LogP contribution < -0.4 is 5.32 Å². The molecule has 0 spiro atoms. The van der Waals surface area contributed by atoms with Gasteiger partial charge in [-0.1, -0.05) is 25.1 Å². The topological polar surface area (TPSA) is 37.0 Å². The van der Waals surface area contributed by atoms with Crippen LogP contribution in [0.2, 0.25) is 0 Å². The minimum atomic E-state index is -0.186. The number of ether oxygens (including phenoxy) is 1. The van der Waals surface area contributed by atoms with Crippen LogP contribution in [-0.2, 0) is 16.8 Å². The van der Waals surface area contributed by atoms with E-state index < -0.39 is 0 Å². The molecule has 1 aromatic carbocycles. The van der Waals surface area contributed by atoms with Gasteiger partial charge < -0.3 is 15.0 Å². The number of benzene rings is 1. The summed E-state index contributed by atoms with van der Waals surface area (Å²) in [5.74, 6) is 0. The van der Waals surface area contributed by atoms with Crippen molar-refractivity contribution in [2.75, 3.05) is 19.7 Å². The molecule has 1 aromatic heterocycles. The Kier molecular flexibility index (Phi) is 3.33. The molecule has 0 amide bonds. The molecule has 0 aliphatic carbocycles. The Morgan fingerprint density at radius 2 is 2.21 bits per heavy atom. The number of aromatic amines is 1. The first kappa shape index (κ1) is 12.7. The normalized spacial score (nSPS) is 22.6. The second-order valence-corrected chi connectivity index (χ2v) is 5.46. The second kappa shape index (κ2) is 4.99. The molecule has 0 bridgehead atoms. The van der Waals surface area contributed by atoms with Crippen molar-refractivity contribution in [2.24, 2.45) is 0 Å². The van der Waals surface area contributed by atoms with Crippen molar-refractivity contribution >= 4 is 10.9 Å². The van der Waals surface area contributed by atoms with Gasteiger partial charge >= 0.3 is 0 Å². The molecule has 1 unspecified atom stereocenters. The van der Waals surface area contributed by atoms with Crippen molar-refractivity contribution in [2.45, 2.75) is 32.3 Å². The SMILES string of the molecule is CCNCCC1(C)OCCc2c1[nH]c1ccccc21. The van der Waals surface area contributed by atoms with Crippen molar-refractivity contribution in [3.63, 3.8) is 0 Å². The molecule has 2 aromatic rings. The summed E-state index contributed by atoms with van der Waals surface area (Å²) < 4.78 is 6.10. The molecule has 0 radical (unpaired) electrons. The third-order valence-corrected chi connectivity index (χ3v) is 4.14. The van der Waals surface area contributed by atoms with E-state index >= 15 is 0 Å². The maximum absolute atomic E-state index is 6.10. The number of aromatic nitrogens is 1. The number of rotatable bonds is 4. The van der Waals surface area contributed by atoms with Gasteiger partial charge in [-0.25, -0.2) is 0 Å². The van der Waals surface area contributed by atoms with Crippen LogP contribution in [0.4, 0.5) is 0 Å². The minimum Gasteiger partial charge on any atom is -0.369 e. The third-order valence-electron chi connectivity index (χ3n) is 4.14. The van der Waals surface area contributed by atoms with Crippen LogP contribution in [0.3, 0.4) is 0 Å². The van der Waals surface area contributed by atoms with Crippen molar-refractivity contribution in [1.29, 1.82) is 0 Å². The van der Waals surface area contributed by atoms with E-state index in [9.17, 15) is 0 Å². The zero-order chi connectivity index (χ0) is 13.3. The lowest BCUT2D eigenvalue weighted by molar-refractivity contribution is -0.0541. The Morgan fingerprint density at radius 3 is 3.05 bits per heavy atom. The number of fused-ring (bicyclic) bond motifs is 3. The highest BCUT2D eigenvalue weighted by Gasteiger charge is 2.35. The highest BCUT2D eigenvalue weighted by atomic mass is 16.5. The average molecular weight is 258 g/mol. The molecular weight excluding hydrogens is 236 g/mol. The summed E-state index contributed by atoms with van der Waals surface area (Å²) in [4.78, 5) is 3.58. The van der Waals surface area contributed by atoms with Crippen LogP contribution in [0.1, 0.15) is 31.5 Å². The van der Waals surface area contributed by atoms with E-state index in [1.54, 1.807) is 0 Å². The smallest absolute Gasteiger partial charge is 0.106 e. The Morgan fingerprint density at radius 1 is 1.37 bits per heavy atom. The number of nitrogens with one attached hydrogen (secondary N) is 2. The first-order valence-corrected chi connectivity index (χ1v) is 7.19. The molecule has 0 fully saturated rings. The Balaban J connectivity index is 1.99. The summed E-state index contributed by atoms with van der Waals surface area (Å²) in [6, 6.07) is 8.56. The van der Waals surface area contributed by atoms with Gasteiger partial charge in [0.15, 0.2) is 0 Å². The van der Waals surface area contributed by atoms with Gasteiger partial charge in [0.1, 0.15) is 5.60 Å². The lowest BCUT2D eigenvalue weighted by atomic mass is 9.90. The zero-order valence-corrected chi connectivity index (χ0v) is 11.8. The van der Waals surface area contributed by atoms with Crippen LogP contribution in [0.25, 0.3) is 10.9 Å². The number of hydrogen-bond acceptors (Lipinski definition) is 2. The van der Waals surface area contributed by atoms with E-state index in [1.165, 1.54) is 22.2 Å². The van der Waals surface area contributed by atoms with Crippen molar-refractivity contribution in [3.8, 4) is 0 Å². The number of para-hydroxylation sites is 1. The first-order chi connectivity index (χ1) is 9.24. The molecule has 0 saturated heterocycles. The fourth-order valence-electron chi connectivity index (χ4n) is 3.06. The third kappa shape index (κ3) is 2.17. The molecular formula is C16H22N2O. The first-order valence-electron chi connectivity index (χ1n) is 7.19. The molecule has 2 heterocycles. The quantitative estimate of drug-likeness (QED) is 0.827. The molecule has 2 N–H and O–H groups in total. The summed E-state index contributed by atoms with van der Waals surface area (Å²) in [6.45, 7) is 7.16. The molecule has 1 aliphatic rings. The molecule has 19 heavy (non-hydrogen) atoms. The Bertz CT molecular complexity index is 575. The second-order valence-electron chi connectivity index (χ2n) is 5.46. The largest absolute Gasteiger partial charge is 0.369 e. The molecule has 1 aliphatic heterocycles. The van der Waals surface area contributed by atoms with Crippen LogP contribution in [0.15, 0.2) is 24.3 Å². The zero-order valence-electron chi connectivity index (χ0n) is 11.8. The van der Waals surface area contributed by atoms with Gasteiger partial charge in [0, 0.05) is 10.9 Å². The number of hydrogen-bond donors (Lipinski definition) is 2. The average Bonchev–Trinajstić information content (AvgIpc) is 2.80. The summed E-state index contributed by atoms with van der Waals surface area (Å²) in [6.07, 6.45) is 2.01. The van der Waals surface area contributed by atoms with Gasteiger partial charge in [-0.3, -0.25) is 0 Å². The van der Waals surface area contributed by atoms with E-state index in [0.717, 1.165) is 32.5 Å². The Labute approximate surface area is 114 Å². The van der Waals surface area contributed by atoms with Crippen molar-refractivity contribution in [3.05, 3.63) is 35.5 Å². The van der Waals surface area contributed by atoms with Gasteiger partial charge in [-0.2, -0.15) is 0 Å². The van der Waals surface area contributed by atoms with Gasteiger partial charge in [0.2, 0.25) is 0 Å². The highest BCUT2D eigenvalue weighted by molar-refractivity contribution is 5.85. The predicted molar refractivity (Wildman–Crippen MR) is 78.5 cm³/mol. The van der Waals surface area contributed by atoms with E-state index in [-0.39, 0.29) is 5.60 Å². The van der Waals surface area contributed by atoms with E-state index in [1.807, 2.05) is 0 Å². The standard InChI is InChI=1S/C16H22N2O/c1-3-17-10-9-16(2)15-13(8-11-19-16)12-6-4-5-7-14(12)18-15/h4-7,17-18H,3,8-11H2,1-2H3. The molecule has 1 atom stereocenters. The van der Waals surface area contributed by atoms with E-state index in [2.05, 4.69) is 48.4 Å². The van der Waals surface area contributed by atoms with Gasteiger partial charge in [0.05, 0.1) is 12.3 Å². The maximum Gasteiger partial charge on any atom is 0.106 e. The minimum absolute atomic E-state index is 0.186. The van der Waals surface area contributed by atoms with Crippen molar-refractivity contribution < 1.29 is 4.74 Å².